The molecule has 0 saturated carbocycles. The SMILES string of the molecule is N/C(=N\OCc1coc(-c2cccs2)n1)c1ccc(OCc2ccccc2)cc1. The highest BCUT2D eigenvalue weighted by molar-refractivity contribution is 7.13. The number of oxazole rings is 1. The third kappa shape index (κ3) is 5.03. The summed E-state index contributed by atoms with van der Waals surface area (Å²) in [5, 5.41) is 5.93. The van der Waals surface area contributed by atoms with E-state index in [0.717, 1.165) is 21.8 Å². The number of amidine groups is 1. The van der Waals surface area contributed by atoms with Gasteiger partial charge in [-0.25, -0.2) is 4.98 Å². The van der Waals surface area contributed by atoms with E-state index in [9.17, 15) is 0 Å². The molecule has 2 aromatic heterocycles. The van der Waals surface area contributed by atoms with Gasteiger partial charge in [-0.3, -0.25) is 0 Å². The zero-order valence-corrected chi connectivity index (χ0v) is 16.3. The van der Waals surface area contributed by atoms with Crippen LogP contribution in [-0.2, 0) is 18.1 Å². The summed E-state index contributed by atoms with van der Waals surface area (Å²) in [4.78, 5) is 10.7. The van der Waals surface area contributed by atoms with Gasteiger partial charge in [-0.2, -0.15) is 0 Å². The minimum atomic E-state index is 0.174. The lowest BCUT2D eigenvalue weighted by atomic mass is 10.2. The monoisotopic (exact) mass is 405 g/mol. The first kappa shape index (κ1) is 18.8. The van der Waals surface area contributed by atoms with Crippen LogP contribution in [0.3, 0.4) is 0 Å². The zero-order chi connectivity index (χ0) is 19.9. The van der Waals surface area contributed by atoms with E-state index in [1.807, 2.05) is 72.1 Å². The van der Waals surface area contributed by atoms with E-state index in [2.05, 4.69) is 10.1 Å². The quantitative estimate of drug-likeness (QED) is 0.258. The number of hydrogen-bond acceptors (Lipinski definition) is 6. The number of hydrogen-bond donors (Lipinski definition) is 1. The minimum absolute atomic E-state index is 0.174. The van der Waals surface area contributed by atoms with Crippen molar-refractivity contribution in [3.05, 3.63) is 95.2 Å². The summed E-state index contributed by atoms with van der Waals surface area (Å²) in [6.07, 6.45) is 1.56. The first-order valence-corrected chi connectivity index (χ1v) is 9.87. The van der Waals surface area contributed by atoms with Crippen LogP contribution in [0.15, 0.2) is 87.9 Å². The molecule has 146 valence electrons. The fourth-order valence-electron chi connectivity index (χ4n) is 2.57. The number of rotatable bonds is 8. The van der Waals surface area contributed by atoms with Crippen molar-refractivity contribution in [2.24, 2.45) is 10.9 Å². The van der Waals surface area contributed by atoms with Crippen molar-refractivity contribution in [2.45, 2.75) is 13.2 Å². The number of benzene rings is 2. The van der Waals surface area contributed by atoms with Gasteiger partial charge in [-0.05, 0) is 41.3 Å². The Bertz CT molecular complexity index is 1060. The Balaban J connectivity index is 1.29. The van der Waals surface area contributed by atoms with Gasteiger partial charge in [0.2, 0.25) is 5.89 Å². The molecule has 2 heterocycles. The zero-order valence-electron chi connectivity index (χ0n) is 15.5. The van der Waals surface area contributed by atoms with E-state index in [-0.39, 0.29) is 12.4 Å². The summed E-state index contributed by atoms with van der Waals surface area (Å²) < 4.78 is 11.2. The second kappa shape index (κ2) is 9.07. The van der Waals surface area contributed by atoms with Crippen LogP contribution in [0.4, 0.5) is 0 Å². The molecule has 0 aliphatic heterocycles. The number of thiophene rings is 1. The molecule has 2 N–H and O–H groups in total. The van der Waals surface area contributed by atoms with Crippen LogP contribution in [0.2, 0.25) is 0 Å². The maximum Gasteiger partial charge on any atom is 0.236 e. The molecule has 6 nitrogen and oxygen atoms in total. The standard InChI is InChI=1S/C22H19N3O3S/c23-21(25-28-15-18-14-27-22(24-18)20-7-4-12-29-20)17-8-10-19(11-9-17)26-13-16-5-2-1-3-6-16/h1-12,14H,13,15H2,(H2,23,25). The molecule has 0 atom stereocenters. The van der Waals surface area contributed by atoms with Crippen molar-refractivity contribution < 1.29 is 14.0 Å². The Labute approximate surface area is 172 Å². The number of nitrogens with two attached hydrogens (primary N) is 1. The summed E-state index contributed by atoms with van der Waals surface area (Å²) in [6.45, 7) is 0.686. The first-order chi connectivity index (χ1) is 14.3. The topological polar surface area (TPSA) is 82.9 Å². The van der Waals surface area contributed by atoms with Crippen LogP contribution in [0.25, 0.3) is 10.8 Å². The molecule has 0 fully saturated rings. The Hall–Kier alpha value is -3.58. The first-order valence-electron chi connectivity index (χ1n) is 8.99. The van der Waals surface area contributed by atoms with Crippen molar-refractivity contribution in [1.82, 2.24) is 4.98 Å². The average Bonchev–Trinajstić information content (AvgIpc) is 3.45. The van der Waals surface area contributed by atoms with Gasteiger partial charge in [0.05, 0.1) is 4.88 Å². The van der Waals surface area contributed by atoms with Crippen LogP contribution in [0.5, 0.6) is 5.75 Å². The van der Waals surface area contributed by atoms with Gasteiger partial charge in [-0.15, -0.1) is 11.3 Å². The summed E-state index contributed by atoms with van der Waals surface area (Å²) in [7, 11) is 0. The summed E-state index contributed by atoms with van der Waals surface area (Å²) in [5.41, 5.74) is 8.51. The minimum Gasteiger partial charge on any atom is -0.489 e. The molecular formula is C22H19N3O3S. The molecule has 0 unspecified atom stereocenters. The molecule has 2 aromatic carbocycles. The summed E-state index contributed by atoms with van der Waals surface area (Å²) in [5.74, 6) is 1.61. The van der Waals surface area contributed by atoms with Gasteiger partial charge in [0, 0.05) is 5.56 Å². The molecular weight excluding hydrogens is 386 g/mol. The smallest absolute Gasteiger partial charge is 0.236 e. The van der Waals surface area contributed by atoms with Crippen LogP contribution in [-0.4, -0.2) is 10.8 Å². The third-order valence-corrected chi connectivity index (χ3v) is 4.92. The Morgan fingerprint density at radius 3 is 2.59 bits per heavy atom. The molecule has 0 spiro atoms. The van der Waals surface area contributed by atoms with Crippen LogP contribution in [0, 0.1) is 0 Å². The Morgan fingerprint density at radius 1 is 1.00 bits per heavy atom. The van der Waals surface area contributed by atoms with Gasteiger partial charge >= 0.3 is 0 Å². The molecule has 0 aliphatic carbocycles. The molecule has 4 aromatic rings. The maximum atomic E-state index is 6.00. The highest BCUT2D eigenvalue weighted by Gasteiger charge is 2.08. The van der Waals surface area contributed by atoms with Crippen LogP contribution in [0.1, 0.15) is 16.8 Å². The van der Waals surface area contributed by atoms with Crippen LogP contribution >= 0.6 is 11.3 Å². The van der Waals surface area contributed by atoms with Gasteiger partial charge in [0.15, 0.2) is 12.4 Å². The van der Waals surface area contributed by atoms with Gasteiger partial charge < -0.3 is 19.7 Å². The van der Waals surface area contributed by atoms with E-state index in [1.54, 1.807) is 17.6 Å². The highest BCUT2D eigenvalue weighted by atomic mass is 32.1. The number of oxime groups is 1. The van der Waals surface area contributed by atoms with Gasteiger partial charge in [-0.1, -0.05) is 41.6 Å². The molecule has 4 rings (SSSR count). The number of aromatic nitrogens is 1. The van der Waals surface area contributed by atoms with E-state index < -0.39 is 0 Å². The van der Waals surface area contributed by atoms with E-state index >= 15 is 0 Å². The van der Waals surface area contributed by atoms with Crippen molar-refractivity contribution >= 4 is 17.2 Å². The lowest BCUT2D eigenvalue weighted by molar-refractivity contribution is 0.127. The molecule has 0 saturated heterocycles. The lowest BCUT2D eigenvalue weighted by Gasteiger charge is -2.07. The molecule has 29 heavy (non-hydrogen) atoms. The van der Waals surface area contributed by atoms with E-state index in [0.29, 0.717) is 18.2 Å². The van der Waals surface area contributed by atoms with E-state index in [4.69, 9.17) is 19.7 Å². The number of ether oxygens (including phenoxy) is 1. The molecule has 7 heteroatoms. The van der Waals surface area contributed by atoms with Gasteiger partial charge in [0.25, 0.3) is 0 Å². The van der Waals surface area contributed by atoms with Gasteiger partial charge in [0.1, 0.15) is 24.3 Å². The van der Waals surface area contributed by atoms with Crippen molar-refractivity contribution in [1.29, 1.82) is 0 Å². The average molecular weight is 405 g/mol. The second-order valence-electron chi connectivity index (χ2n) is 6.17. The molecule has 0 amide bonds. The van der Waals surface area contributed by atoms with Crippen molar-refractivity contribution in [3.63, 3.8) is 0 Å². The van der Waals surface area contributed by atoms with Crippen molar-refractivity contribution in [2.75, 3.05) is 0 Å². The maximum absolute atomic E-state index is 6.00. The normalized spacial score (nSPS) is 11.4. The Morgan fingerprint density at radius 2 is 1.83 bits per heavy atom. The summed E-state index contributed by atoms with van der Waals surface area (Å²) >= 11 is 1.56. The molecule has 0 bridgehead atoms. The molecule has 0 aliphatic rings. The van der Waals surface area contributed by atoms with Crippen molar-refractivity contribution in [3.8, 4) is 16.5 Å². The summed E-state index contributed by atoms with van der Waals surface area (Å²) in [6, 6.07) is 21.3. The second-order valence-corrected chi connectivity index (χ2v) is 7.12. The fourth-order valence-corrected chi connectivity index (χ4v) is 3.23. The predicted octanol–water partition coefficient (Wildman–Crippen LogP) is 4.82. The van der Waals surface area contributed by atoms with Crippen LogP contribution < -0.4 is 10.5 Å². The highest BCUT2D eigenvalue weighted by Crippen LogP contribution is 2.23. The molecule has 0 radical (unpaired) electrons. The number of nitrogens with zero attached hydrogens (tertiary/aromatic N) is 2. The largest absolute Gasteiger partial charge is 0.489 e. The lowest BCUT2D eigenvalue weighted by Crippen LogP contribution is -2.13. The third-order valence-electron chi connectivity index (χ3n) is 4.06. The predicted molar refractivity (Wildman–Crippen MR) is 113 cm³/mol. The van der Waals surface area contributed by atoms with E-state index in [1.165, 1.54) is 0 Å². The Kier molecular flexibility index (Phi) is 5.87. The fraction of sp³-hybridized carbons (Fsp3) is 0.0909.